The molecule has 0 spiro atoms. The number of piperazine rings is 1. The van der Waals surface area contributed by atoms with Gasteiger partial charge in [0.15, 0.2) is 0 Å². The summed E-state index contributed by atoms with van der Waals surface area (Å²) >= 11 is 0. The third-order valence-electron chi connectivity index (χ3n) is 5.01. The molecule has 1 aliphatic rings. The predicted molar refractivity (Wildman–Crippen MR) is 103 cm³/mol. The summed E-state index contributed by atoms with van der Waals surface area (Å²) in [6.45, 7) is 9.97. The molecule has 1 saturated heterocycles. The van der Waals surface area contributed by atoms with Crippen LogP contribution in [-0.4, -0.2) is 41.9 Å². The van der Waals surface area contributed by atoms with Gasteiger partial charge in [-0.3, -0.25) is 9.69 Å². The molecule has 3 rings (SSSR count). The average Bonchev–Trinajstić information content (AvgIpc) is 2.63. The fraction of sp³-hybridized carbons (Fsp3) is 0.409. The zero-order chi connectivity index (χ0) is 18.7. The van der Waals surface area contributed by atoms with Crippen LogP contribution < -0.4 is 0 Å². The standard InChI is InChI=1S/C22H27FN2O/c1-22(2,3)19-10-8-17(9-11-19)21(26)25-14-12-24(13-15-25)16-18-6-4-5-7-20(18)23/h4-11H,12-16H2,1-3H3. The van der Waals surface area contributed by atoms with E-state index in [1.807, 2.05) is 41.3 Å². The highest BCUT2D eigenvalue weighted by atomic mass is 19.1. The van der Waals surface area contributed by atoms with Crippen molar-refractivity contribution in [3.8, 4) is 0 Å². The molecule has 0 aromatic heterocycles. The van der Waals surface area contributed by atoms with Crippen LogP contribution in [0, 0.1) is 5.82 Å². The Labute approximate surface area is 155 Å². The van der Waals surface area contributed by atoms with Gasteiger partial charge in [-0.1, -0.05) is 51.1 Å². The Bertz CT molecular complexity index is 756. The van der Waals surface area contributed by atoms with Crippen molar-refractivity contribution in [2.24, 2.45) is 0 Å². The second-order valence-corrected chi connectivity index (χ2v) is 7.99. The van der Waals surface area contributed by atoms with Gasteiger partial charge in [0.2, 0.25) is 0 Å². The van der Waals surface area contributed by atoms with Gasteiger partial charge in [-0.05, 0) is 29.2 Å². The Morgan fingerprint density at radius 1 is 0.962 bits per heavy atom. The van der Waals surface area contributed by atoms with Crippen LogP contribution in [0.5, 0.6) is 0 Å². The van der Waals surface area contributed by atoms with Crippen molar-refractivity contribution in [2.75, 3.05) is 26.2 Å². The van der Waals surface area contributed by atoms with Crippen LogP contribution in [-0.2, 0) is 12.0 Å². The maximum atomic E-state index is 13.8. The number of carbonyl (C=O) groups is 1. The largest absolute Gasteiger partial charge is 0.336 e. The van der Waals surface area contributed by atoms with E-state index in [2.05, 4.69) is 25.7 Å². The quantitative estimate of drug-likeness (QED) is 0.829. The first-order chi connectivity index (χ1) is 12.3. The number of halogens is 1. The van der Waals surface area contributed by atoms with E-state index in [-0.39, 0.29) is 17.1 Å². The highest BCUT2D eigenvalue weighted by molar-refractivity contribution is 5.94. The summed E-state index contributed by atoms with van der Waals surface area (Å²) in [5, 5.41) is 0. The summed E-state index contributed by atoms with van der Waals surface area (Å²) < 4.78 is 13.8. The molecule has 0 N–H and O–H groups in total. The third kappa shape index (κ3) is 4.31. The van der Waals surface area contributed by atoms with Crippen LogP contribution in [0.1, 0.15) is 42.3 Å². The molecule has 0 radical (unpaired) electrons. The molecular formula is C22H27FN2O. The molecule has 0 unspecified atom stereocenters. The molecule has 26 heavy (non-hydrogen) atoms. The fourth-order valence-corrected chi connectivity index (χ4v) is 3.27. The number of benzene rings is 2. The molecule has 1 aliphatic heterocycles. The van der Waals surface area contributed by atoms with Crippen molar-refractivity contribution in [2.45, 2.75) is 32.7 Å². The number of carbonyl (C=O) groups excluding carboxylic acids is 1. The first kappa shape index (κ1) is 18.6. The van der Waals surface area contributed by atoms with Gasteiger partial charge in [-0.2, -0.15) is 0 Å². The van der Waals surface area contributed by atoms with E-state index in [1.165, 1.54) is 11.6 Å². The van der Waals surface area contributed by atoms with Crippen molar-refractivity contribution < 1.29 is 9.18 Å². The van der Waals surface area contributed by atoms with E-state index in [0.717, 1.165) is 18.7 Å². The van der Waals surface area contributed by atoms with Crippen LogP contribution in [0.3, 0.4) is 0 Å². The highest BCUT2D eigenvalue weighted by Crippen LogP contribution is 2.23. The Balaban J connectivity index is 1.57. The molecule has 0 bridgehead atoms. The fourth-order valence-electron chi connectivity index (χ4n) is 3.27. The van der Waals surface area contributed by atoms with E-state index in [1.54, 1.807) is 6.07 Å². The minimum Gasteiger partial charge on any atom is -0.336 e. The van der Waals surface area contributed by atoms with E-state index in [0.29, 0.717) is 25.2 Å². The Hall–Kier alpha value is -2.20. The second-order valence-electron chi connectivity index (χ2n) is 7.99. The summed E-state index contributed by atoms with van der Waals surface area (Å²) in [5.41, 5.74) is 2.76. The normalized spacial score (nSPS) is 15.9. The van der Waals surface area contributed by atoms with E-state index in [9.17, 15) is 9.18 Å². The van der Waals surface area contributed by atoms with Gasteiger partial charge in [-0.15, -0.1) is 0 Å². The summed E-state index contributed by atoms with van der Waals surface area (Å²) in [6, 6.07) is 14.8. The number of rotatable bonds is 3. The molecule has 4 heteroatoms. The first-order valence-electron chi connectivity index (χ1n) is 9.20. The lowest BCUT2D eigenvalue weighted by atomic mass is 9.86. The average molecular weight is 354 g/mol. The van der Waals surface area contributed by atoms with Gasteiger partial charge in [-0.25, -0.2) is 4.39 Å². The lowest BCUT2D eigenvalue weighted by Gasteiger charge is -2.35. The SMILES string of the molecule is CC(C)(C)c1ccc(C(=O)N2CCN(Cc3ccccc3F)CC2)cc1. The first-order valence-corrected chi connectivity index (χ1v) is 9.20. The Kier molecular flexibility index (Phi) is 5.42. The lowest BCUT2D eigenvalue weighted by molar-refractivity contribution is 0.0627. The van der Waals surface area contributed by atoms with Crippen molar-refractivity contribution in [1.29, 1.82) is 0 Å². The molecule has 0 saturated carbocycles. The van der Waals surface area contributed by atoms with Gasteiger partial charge in [0.25, 0.3) is 5.91 Å². The predicted octanol–water partition coefficient (Wildman–Crippen LogP) is 4.08. The molecule has 1 heterocycles. The number of hydrogen-bond donors (Lipinski definition) is 0. The smallest absolute Gasteiger partial charge is 0.253 e. The monoisotopic (exact) mass is 354 g/mol. The highest BCUT2D eigenvalue weighted by Gasteiger charge is 2.23. The molecule has 0 aliphatic carbocycles. The molecule has 2 aromatic carbocycles. The summed E-state index contributed by atoms with van der Waals surface area (Å²) in [4.78, 5) is 16.8. The maximum Gasteiger partial charge on any atom is 0.253 e. The number of nitrogens with zero attached hydrogens (tertiary/aromatic N) is 2. The molecule has 138 valence electrons. The van der Waals surface area contributed by atoms with Crippen LogP contribution in [0.4, 0.5) is 4.39 Å². The second kappa shape index (κ2) is 7.58. The molecule has 0 atom stereocenters. The van der Waals surface area contributed by atoms with Crippen LogP contribution >= 0.6 is 0 Å². The minimum atomic E-state index is -0.162. The summed E-state index contributed by atoms with van der Waals surface area (Å²) in [5.74, 6) is -0.0825. The molecule has 2 aromatic rings. The van der Waals surface area contributed by atoms with Crippen molar-refractivity contribution >= 4 is 5.91 Å². The van der Waals surface area contributed by atoms with Gasteiger partial charge < -0.3 is 4.90 Å². The van der Waals surface area contributed by atoms with Gasteiger partial charge >= 0.3 is 0 Å². The van der Waals surface area contributed by atoms with Crippen LogP contribution in [0.15, 0.2) is 48.5 Å². The zero-order valence-corrected chi connectivity index (χ0v) is 15.8. The number of amides is 1. The van der Waals surface area contributed by atoms with Gasteiger partial charge in [0, 0.05) is 43.9 Å². The van der Waals surface area contributed by atoms with E-state index < -0.39 is 0 Å². The van der Waals surface area contributed by atoms with Crippen molar-refractivity contribution in [3.05, 3.63) is 71.0 Å². The van der Waals surface area contributed by atoms with Gasteiger partial charge in [0.1, 0.15) is 5.82 Å². The Morgan fingerprint density at radius 3 is 2.15 bits per heavy atom. The minimum absolute atomic E-state index is 0.0796. The third-order valence-corrected chi connectivity index (χ3v) is 5.01. The summed E-state index contributed by atoms with van der Waals surface area (Å²) in [6.07, 6.45) is 0. The topological polar surface area (TPSA) is 23.6 Å². The van der Waals surface area contributed by atoms with Crippen LogP contribution in [0.2, 0.25) is 0 Å². The maximum absolute atomic E-state index is 13.8. The lowest BCUT2D eigenvalue weighted by Crippen LogP contribution is -2.48. The summed E-state index contributed by atoms with van der Waals surface area (Å²) in [7, 11) is 0. The van der Waals surface area contributed by atoms with Gasteiger partial charge in [0.05, 0.1) is 0 Å². The Morgan fingerprint density at radius 2 is 1.58 bits per heavy atom. The van der Waals surface area contributed by atoms with E-state index in [4.69, 9.17) is 0 Å². The molecule has 3 nitrogen and oxygen atoms in total. The molecule has 1 amide bonds. The zero-order valence-electron chi connectivity index (χ0n) is 15.8. The number of hydrogen-bond acceptors (Lipinski definition) is 2. The van der Waals surface area contributed by atoms with Crippen molar-refractivity contribution in [3.63, 3.8) is 0 Å². The molecule has 1 fully saturated rings. The van der Waals surface area contributed by atoms with Crippen LogP contribution in [0.25, 0.3) is 0 Å². The van der Waals surface area contributed by atoms with E-state index >= 15 is 0 Å². The molecular weight excluding hydrogens is 327 g/mol. The van der Waals surface area contributed by atoms with Crippen molar-refractivity contribution in [1.82, 2.24) is 9.80 Å².